The SMILES string of the molecule is CC(C)(CCC(=O)O)C(C(O)S(=O)[O-])S(=O)[O-]. The molecule has 17 heavy (non-hydrogen) atoms. The highest BCUT2D eigenvalue weighted by Crippen LogP contribution is 2.32. The molecule has 0 spiro atoms. The molecule has 102 valence electrons. The highest BCUT2D eigenvalue weighted by Gasteiger charge is 2.36. The van der Waals surface area contributed by atoms with Gasteiger partial charge in [-0.2, -0.15) is 0 Å². The Bertz CT molecular complexity index is 328. The molecular formula is C8H14O7S2-2. The summed E-state index contributed by atoms with van der Waals surface area (Å²) in [6.45, 7) is 2.79. The Morgan fingerprint density at radius 1 is 1.29 bits per heavy atom. The van der Waals surface area contributed by atoms with Gasteiger partial charge in [-0.05, 0) is 34.0 Å². The van der Waals surface area contributed by atoms with Gasteiger partial charge in [0.1, 0.15) is 5.44 Å². The Balaban J connectivity index is 4.97. The van der Waals surface area contributed by atoms with Crippen LogP contribution in [0, 0.1) is 5.41 Å². The average Bonchev–Trinajstić information content (AvgIpc) is 2.13. The maximum atomic E-state index is 11.0. The van der Waals surface area contributed by atoms with E-state index in [0.29, 0.717) is 0 Å². The quantitative estimate of drug-likeness (QED) is 0.591. The van der Waals surface area contributed by atoms with Crippen molar-refractivity contribution in [2.75, 3.05) is 0 Å². The number of hydrogen-bond donors (Lipinski definition) is 2. The Morgan fingerprint density at radius 2 is 1.76 bits per heavy atom. The number of hydrogen-bond acceptors (Lipinski definition) is 6. The van der Waals surface area contributed by atoms with Gasteiger partial charge in [0, 0.05) is 6.42 Å². The van der Waals surface area contributed by atoms with E-state index in [4.69, 9.17) is 5.11 Å². The van der Waals surface area contributed by atoms with E-state index in [1.807, 2.05) is 0 Å². The Hall–Kier alpha value is -0.350. The van der Waals surface area contributed by atoms with Crippen molar-refractivity contribution in [1.29, 1.82) is 0 Å². The molecule has 0 rings (SSSR count). The van der Waals surface area contributed by atoms with Crippen LogP contribution in [0.25, 0.3) is 0 Å². The van der Waals surface area contributed by atoms with Crippen LogP contribution in [0.1, 0.15) is 26.7 Å². The van der Waals surface area contributed by atoms with Crippen LogP contribution >= 0.6 is 0 Å². The molecular weight excluding hydrogens is 272 g/mol. The number of aliphatic hydroxyl groups is 1. The van der Waals surface area contributed by atoms with E-state index in [1.54, 1.807) is 0 Å². The van der Waals surface area contributed by atoms with Gasteiger partial charge in [-0.1, -0.05) is 13.8 Å². The first-order valence-corrected chi connectivity index (χ1v) is 6.93. The van der Waals surface area contributed by atoms with Crippen LogP contribution in [0.5, 0.6) is 0 Å². The van der Waals surface area contributed by atoms with Gasteiger partial charge in [0.2, 0.25) is 0 Å². The molecule has 4 unspecified atom stereocenters. The summed E-state index contributed by atoms with van der Waals surface area (Å²) in [5, 5.41) is 16.2. The summed E-state index contributed by atoms with van der Waals surface area (Å²) in [5.74, 6) is -1.12. The molecule has 0 amide bonds. The van der Waals surface area contributed by atoms with Gasteiger partial charge in [-0.25, -0.2) is 0 Å². The predicted molar refractivity (Wildman–Crippen MR) is 58.3 cm³/mol. The van der Waals surface area contributed by atoms with Crippen molar-refractivity contribution >= 4 is 28.1 Å². The number of carbonyl (C=O) groups is 1. The van der Waals surface area contributed by atoms with Crippen molar-refractivity contribution < 1.29 is 32.5 Å². The smallest absolute Gasteiger partial charge is 0.303 e. The molecule has 0 aromatic carbocycles. The van der Waals surface area contributed by atoms with Crippen molar-refractivity contribution in [2.45, 2.75) is 37.4 Å². The van der Waals surface area contributed by atoms with Gasteiger partial charge in [0.25, 0.3) is 0 Å². The van der Waals surface area contributed by atoms with Gasteiger partial charge in [0.15, 0.2) is 0 Å². The monoisotopic (exact) mass is 286 g/mol. The van der Waals surface area contributed by atoms with Crippen LogP contribution in [0.2, 0.25) is 0 Å². The summed E-state index contributed by atoms with van der Waals surface area (Å²) in [5.41, 5.74) is -3.23. The number of aliphatic carboxylic acids is 1. The first-order valence-electron chi connectivity index (χ1n) is 4.65. The highest BCUT2D eigenvalue weighted by molar-refractivity contribution is 7.83. The van der Waals surface area contributed by atoms with E-state index >= 15 is 0 Å². The van der Waals surface area contributed by atoms with Crippen LogP contribution in [0.3, 0.4) is 0 Å². The summed E-state index contributed by atoms with van der Waals surface area (Å²) >= 11 is -5.78. The van der Waals surface area contributed by atoms with Crippen molar-refractivity contribution in [3.05, 3.63) is 0 Å². The van der Waals surface area contributed by atoms with Gasteiger partial charge in [-0.3, -0.25) is 13.2 Å². The van der Waals surface area contributed by atoms with E-state index in [1.165, 1.54) is 13.8 Å². The van der Waals surface area contributed by atoms with Gasteiger partial charge >= 0.3 is 5.97 Å². The lowest BCUT2D eigenvalue weighted by Gasteiger charge is -2.39. The topological polar surface area (TPSA) is 138 Å². The lowest BCUT2D eigenvalue weighted by Crippen LogP contribution is -2.45. The van der Waals surface area contributed by atoms with Crippen LogP contribution in [0.4, 0.5) is 0 Å². The Morgan fingerprint density at radius 3 is 2.06 bits per heavy atom. The molecule has 0 aliphatic rings. The molecule has 0 radical (unpaired) electrons. The van der Waals surface area contributed by atoms with E-state index < -0.39 is 44.2 Å². The van der Waals surface area contributed by atoms with Crippen molar-refractivity contribution in [1.82, 2.24) is 0 Å². The normalized spacial score (nSPS) is 19.4. The van der Waals surface area contributed by atoms with Crippen LogP contribution in [-0.2, 0) is 27.0 Å². The molecule has 4 atom stereocenters. The average molecular weight is 286 g/mol. The standard InChI is InChI=1S/C8H16O7S2/c1-8(2,4-3-5(9)10)6(16(12)13)7(11)17(14)15/h6-7,11H,3-4H2,1-2H3,(H,9,10)(H,12,13)(H,14,15)/p-2. The molecule has 7 nitrogen and oxygen atoms in total. The van der Waals surface area contributed by atoms with E-state index in [-0.39, 0.29) is 12.8 Å². The summed E-state index contributed by atoms with van der Waals surface area (Å²) < 4.78 is 43.1. The summed E-state index contributed by atoms with van der Waals surface area (Å²) in [7, 11) is 0. The zero-order valence-corrected chi connectivity index (χ0v) is 11.0. The zero-order valence-electron chi connectivity index (χ0n) is 9.32. The van der Waals surface area contributed by atoms with E-state index in [2.05, 4.69) is 0 Å². The second kappa shape index (κ2) is 6.55. The molecule has 0 aromatic rings. The fraction of sp³-hybridized carbons (Fsp3) is 0.875. The summed E-state index contributed by atoms with van der Waals surface area (Å²) in [6, 6.07) is 0. The largest absolute Gasteiger partial charge is 0.772 e. The molecule has 0 fully saturated rings. The fourth-order valence-electron chi connectivity index (χ4n) is 1.41. The second-order valence-corrected chi connectivity index (χ2v) is 6.25. The molecule has 0 saturated heterocycles. The van der Waals surface area contributed by atoms with E-state index in [9.17, 15) is 27.4 Å². The minimum absolute atomic E-state index is 0.0603. The predicted octanol–water partition coefficient (Wildman–Crippen LogP) is -0.677. The minimum atomic E-state index is -2.96. The number of aliphatic hydroxyl groups excluding tert-OH is 1. The van der Waals surface area contributed by atoms with Gasteiger partial charge in [-0.15, -0.1) is 0 Å². The molecule has 2 N–H and O–H groups in total. The fourth-order valence-corrected chi connectivity index (χ4v) is 3.36. The number of carboxylic acids is 1. The first-order chi connectivity index (χ1) is 7.59. The molecule has 9 heteroatoms. The zero-order chi connectivity index (χ0) is 13.8. The van der Waals surface area contributed by atoms with Crippen molar-refractivity contribution in [3.63, 3.8) is 0 Å². The molecule has 0 bridgehead atoms. The van der Waals surface area contributed by atoms with Crippen LogP contribution < -0.4 is 0 Å². The molecule has 0 aliphatic heterocycles. The maximum absolute atomic E-state index is 11.0. The summed E-state index contributed by atoms with van der Waals surface area (Å²) in [4.78, 5) is 10.4. The third kappa shape index (κ3) is 5.21. The Labute approximate surface area is 104 Å². The van der Waals surface area contributed by atoms with Crippen molar-refractivity contribution in [2.24, 2.45) is 5.41 Å². The number of carboxylic acid groups (broad SMARTS) is 1. The first kappa shape index (κ1) is 16.6. The van der Waals surface area contributed by atoms with Crippen LogP contribution in [0.15, 0.2) is 0 Å². The van der Waals surface area contributed by atoms with Gasteiger partial charge < -0.3 is 19.3 Å². The Kier molecular flexibility index (Phi) is 6.41. The van der Waals surface area contributed by atoms with Crippen molar-refractivity contribution in [3.8, 4) is 0 Å². The third-order valence-electron chi connectivity index (χ3n) is 2.42. The molecule has 0 aliphatic carbocycles. The summed E-state index contributed by atoms with van der Waals surface area (Å²) in [6.07, 6.45) is -0.367. The lowest BCUT2D eigenvalue weighted by atomic mass is 9.84. The second-order valence-electron chi connectivity index (χ2n) is 4.21. The maximum Gasteiger partial charge on any atom is 0.303 e. The van der Waals surface area contributed by atoms with Gasteiger partial charge in [0.05, 0.1) is 5.25 Å². The highest BCUT2D eigenvalue weighted by atomic mass is 32.2. The molecule has 0 saturated carbocycles. The third-order valence-corrected chi connectivity index (χ3v) is 4.57. The lowest BCUT2D eigenvalue weighted by molar-refractivity contribution is -0.137. The molecule has 0 heterocycles. The van der Waals surface area contributed by atoms with Crippen LogP contribution in [-0.4, -0.2) is 44.4 Å². The molecule has 0 aromatic heterocycles. The number of rotatable bonds is 7. The minimum Gasteiger partial charge on any atom is -0.772 e. The van der Waals surface area contributed by atoms with E-state index in [0.717, 1.165) is 0 Å².